The molecule has 0 aliphatic carbocycles. The van der Waals surface area contributed by atoms with E-state index in [1.54, 1.807) is 12.1 Å². The molecule has 104 valence electrons. The molecule has 6 heteroatoms. The molecule has 0 unspecified atom stereocenters. The average Bonchev–Trinajstić information content (AvgIpc) is 2.29. The van der Waals surface area contributed by atoms with Crippen LogP contribution in [0.1, 0.15) is 25.5 Å². The number of aliphatic hydroxyl groups is 1. The van der Waals surface area contributed by atoms with Crippen molar-refractivity contribution in [1.82, 2.24) is 0 Å². The summed E-state index contributed by atoms with van der Waals surface area (Å²) in [6.45, 7) is 3.60. The number of hydrogen-bond acceptors (Lipinski definition) is 4. The van der Waals surface area contributed by atoms with Crippen molar-refractivity contribution in [2.24, 2.45) is 11.1 Å². The molecule has 0 radical (unpaired) electrons. The number of rotatable bonds is 4. The first kappa shape index (κ1) is 17.5. The largest absolute Gasteiger partial charge is 0.504 e. The number of methoxy groups -OCH3 is 1. The van der Waals surface area contributed by atoms with Crippen LogP contribution in [0.25, 0.3) is 0 Å². The minimum Gasteiger partial charge on any atom is -0.504 e. The van der Waals surface area contributed by atoms with Crippen molar-refractivity contribution in [2.75, 3.05) is 13.7 Å². The van der Waals surface area contributed by atoms with Crippen LogP contribution < -0.4 is 10.5 Å². The fourth-order valence-electron chi connectivity index (χ4n) is 1.51. The molecular formula is C12H19BrClNO3. The van der Waals surface area contributed by atoms with Crippen LogP contribution in [-0.4, -0.2) is 23.9 Å². The van der Waals surface area contributed by atoms with E-state index in [0.29, 0.717) is 15.8 Å². The van der Waals surface area contributed by atoms with Gasteiger partial charge in [-0.05, 0) is 12.1 Å². The van der Waals surface area contributed by atoms with Crippen molar-refractivity contribution < 1.29 is 14.9 Å². The number of halogens is 2. The van der Waals surface area contributed by atoms with Crippen LogP contribution in [0.5, 0.6) is 11.5 Å². The van der Waals surface area contributed by atoms with Gasteiger partial charge in [-0.3, -0.25) is 0 Å². The zero-order valence-corrected chi connectivity index (χ0v) is 13.0. The van der Waals surface area contributed by atoms with Gasteiger partial charge in [0, 0.05) is 28.1 Å². The SMILES string of the molecule is COc1ccc(Br)c([C@H](N)C(C)(C)CO)c1O.Cl. The number of nitrogens with two attached hydrogens (primary N) is 1. The van der Waals surface area contributed by atoms with E-state index in [4.69, 9.17) is 10.5 Å². The summed E-state index contributed by atoms with van der Waals surface area (Å²) in [5.74, 6) is 0.378. The first-order valence-electron chi connectivity index (χ1n) is 5.27. The Labute approximate surface area is 122 Å². The topological polar surface area (TPSA) is 75.7 Å². The molecule has 1 aromatic rings. The van der Waals surface area contributed by atoms with Crippen molar-refractivity contribution in [3.8, 4) is 11.5 Å². The Morgan fingerprint density at radius 1 is 1.44 bits per heavy atom. The number of phenols is 1. The van der Waals surface area contributed by atoms with Crippen LogP contribution in [0, 0.1) is 5.41 Å². The molecule has 4 N–H and O–H groups in total. The summed E-state index contributed by atoms with van der Waals surface area (Å²) in [6.07, 6.45) is 0. The van der Waals surface area contributed by atoms with Crippen molar-refractivity contribution >= 4 is 28.3 Å². The molecule has 1 atom stereocenters. The summed E-state index contributed by atoms with van der Waals surface area (Å²) in [6, 6.07) is 2.92. The van der Waals surface area contributed by atoms with E-state index in [-0.39, 0.29) is 24.8 Å². The van der Waals surface area contributed by atoms with Crippen molar-refractivity contribution in [3.63, 3.8) is 0 Å². The Morgan fingerprint density at radius 3 is 2.44 bits per heavy atom. The lowest BCUT2D eigenvalue weighted by Crippen LogP contribution is -2.32. The maximum absolute atomic E-state index is 10.1. The zero-order valence-electron chi connectivity index (χ0n) is 10.6. The molecule has 0 aromatic heterocycles. The van der Waals surface area contributed by atoms with Crippen LogP contribution in [0.2, 0.25) is 0 Å². The monoisotopic (exact) mass is 339 g/mol. The van der Waals surface area contributed by atoms with Gasteiger partial charge in [-0.15, -0.1) is 12.4 Å². The lowest BCUT2D eigenvalue weighted by molar-refractivity contribution is 0.130. The van der Waals surface area contributed by atoms with E-state index in [0.717, 1.165) is 0 Å². The lowest BCUT2D eigenvalue weighted by atomic mass is 9.81. The Hall–Kier alpha value is -0.490. The summed E-state index contributed by atoms with van der Waals surface area (Å²) in [5, 5.41) is 19.4. The van der Waals surface area contributed by atoms with Gasteiger partial charge in [0.05, 0.1) is 7.11 Å². The van der Waals surface area contributed by atoms with Crippen molar-refractivity contribution in [2.45, 2.75) is 19.9 Å². The van der Waals surface area contributed by atoms with Gasteiger partial charge in [0.1, 0.15) is 0 Å². The van der Waals surface area contributed by atoms with Crippen LogP contribution in [0.3, 0.4) is 0 Å². The molecular weight excluding hydrogens is 321 g/mol. The highest BCUT2D eigenvalue weighted by atomic mass is 79.9. The van der Waals surface area contributed by atoms with Gasteiger partial charge in [-0.2, -0.15) is 0 Å². The summed E-state index contributed by atoms with van der Waals surface area (Å²) in [7, 11) is 1.48. The van der Waals surface area contributed by atoms with Gasteiger partial charge < -0.3 is 20.7 Å². The average molecular weight is 341 g/mol. The molecule has 1 rings (SSSR count). The number of hydrogen-bond donors (Lipinski definition) is 3. The molecule has 0 fully saturated rings. The second-order valence-corrected chi connectivity index (χ2v) is 5.49. The number of aliphatic hydroxyl groups excluding tert-OH is 1. The van der Waals surface area contributed by atoms with Gasteiger partial charge in [-0.25, -0.2) is 0 Å². The minimum absolute atomic E-state index is 0. The highest BCUT2D eigenvalue weighted by Gasteiger charge is 2.31. The van der Waals surface area contributed by atoms with E-state index in [1.165, 1.54) is 7.11 Å². The first-order valence-corrected chi connectivity index (χ1v) is 6.06. The summed E-state index contributed by atoms with van der Waals surface area (Å²) in [4.78, 5) is 0. The molecule has 0 amide bonds. The molecule has 0 aliphatic heterocycles. The summed E-state index contributed by atoms with van der Waals surface area (Å²) >= 11 is 3.36. The molecule has 0 saturated heterocycles. The molecule has 0 spiro atoms. The maximum atomic E-state index is 10.1. The third-order valence-corrected chi connectivity index (χ3v) is 3.60. The molecule has 1 aromatic carbocycles. The van der Waals surface area contributed by atoms with Crippen LogP contribution >= 0.6 is 28.3 Å². The maximum Gasteiger partial charge on any atom is 0.163 e. The molecule has 0 heterocycles. The van der Waals surface area contributed by atoms with Crippen molar-refractivity contribution in [1.29, 1.82) is 0 Å². The quantitative estimate of drug-likeness (QED) is 0.787. The molecule has 4 nitrogen and oxygen atoms in total. The number of benzene rings is 1. The smallest absolute Gasteiger partial charge is 0.163 e. The minimum atomic E-state index is -0.535. The summed E-state index contributed by atoms with van der Waals surface area (Å²) in [5.41, 5.74) is 6.11. The summed E-state index contributed by atoms with van der Waals surface area (Å²) < 4.78 is 5.75. The predicted octanol–water partition coefficient (Wildman–Crippen LogP) is 2.60. The highest BCUT2D eigenvalue weighted by Crippen LogP contribution is 2.43. The Kier molecular flexibility index (Phi) is 6.43. The number of ether oxygens (including phenoxy) is 1. The third kappa shape index (κ3) is 3.29. The Balaban J connectivity index is 0.00000289. The second-order valence-electron chi connectivity index (χ2n) is 4.64. The molecule has 0 saturated carbocycles. The van der Waals surface area contributed by atoms with E-state index in [1.807, 2.05) is 13.8 Å². The van der Waals surface area contributed by atoms with Crippen LogP contribution in [-0.2, 0) is 0 Å². The van der Waals surface area contributed by atoms with Gasteiger partial charge in [0.2, 0.25) is 0 Å². The lowest BCUT2D eigenvalue weighted by Gasteiger charge is -2.31. The normalized spacial score (nSPS) is 12.8. The van der Waals surface area contributed by atoms with E-state index >= 15 is 0 Å². The predicted molar refractivity (Wildman–Crippen MR) is 77.4 cm³/mol. The first-order chi connectivity index (χ1) is 7.85. The fourth-order valence-corrected chi connectivity index (χ4v) is 2.08. The third-order valence-electron chi connectivity index (χ3n) is 2.91. The van der Waals surface area contributed by atoms with Gasteiger partial charge in [0.15, 0.2) is 11.5 Å². The fraction of sp³-hybridized carbons (Fsp3) is 0.500. The van der Waals surface area contributed by atoms with Crippen LogP contribution in [0.4, 0.5) is 0 Å². The van der Waals surface area contributed by atoms with E-state index in [2.05, 4.69) is 15.9 Å². The number of phenolic OH excluding ortho intramolecular Hbond substituents is 1. The standard InChI is InChI=1S/C12H18BrNO3.ClH/c1-12(2,6-15)11(14)9-7(13)4-5-8(17-3)10(9)16;/h4-5,11,15-16H,6,14H2,1-3H3;1H/t11-;/m0./s1. The molecule has 0 bridgehead atoms. The Bertz CT molecular complexity index is 413. The highest BCUT2D eigenvalue weighted by molar-refractivity contribution is 9.10. The van der Waals surface area contributed by atoms with Crippen LogP contribution in [0.15, 0.2) is 16.6 Å². The van der Waals surface area contributed by atoms with Gasteiger partial charge >= 0.3 is 0 Å². The van der Waals surface area contributed by atoms with E-state index in [9.17, 15) is 10.2 Å². The Morgan fingerprint density at radius 2 is 2.00 bits per heavy atom. The van der Waals surface area contributed by atoms with Gasteiger partial charge in [-0.1, -0.05) is 29.8 Å². The number of aromatic hydroxyl groups is 1. The molecule has 18 heavy (non-hydrogen) atoms. The second kappa shape index (κ2) is 6.61. The zero-order chi connectivity index (χ0) is 13.2. The van der Waals surface area contributed by atoms with E-state index < -0.39 is 11.5 Å². The molecule has 0 aliphatic rings. The van der Waals surface area contributed by atoms with Gasteiger partial charge in [0.25, 0.3) is 0 Å². The van der Waals surface area contributed by atoms with Crippen molar-refractivity contribution in [3.05, 3.63) is 22.2 Å².